The van der Waals surface area contributed by atoms with Crippen LogP contribution < -0.4 is 0 Å². The highest BCUT2D eigenvalue weighted by atomic mass is 14.0. The Morgan fingerprint density at radius 2 is 1.55 bits per heavy atom. The standard InChI is InChI=1S/C9H20.2CH4/c1-4-6-7-8-9(3)5-2;;/h9H,4-8H2,1-3H3;2*1H4. The van der Waals surface area contributed by atoms with Crippen molar-refractivity contribution in [1.29, 1.82) is 0 Å². The first-order valence-corrected chi connectivity index (χ1v) is 4.31. The van der Waals surface area contributed by atoms with E-state index in [4.69, 9.17) is 0 Å². The van der Waals surface area contributed by atoms with Gasteiger partial charge in [-0.15, -0.1) is 0 Å². The van der Waals surface area contributed by atoms with Gasteiger partial charge >= 0.3 is 0 Å². The minimum Gasteiger partial charge on any atom is -0.0776 e. The van der Waals surface area contributed by atoms with Crippen LogP contribution in [0.4, 0.5) is 0 Å². The summed E-state index contributed by atoms with van der Waals surface area (Å²) in [5.74, 6) is 0.955. The highest BCUT2D eigenvalue weighted by molar-refractivity contribution is 4.49. The van der Waals surface area contributed by atoms with Gasteiger partial charge in [-0.05, 0) is 5.92 Å². The van der Waals surface area contributed by atoms with E-state index in [0.29, 0.717) is 0 Å². The van der Waals surface area contributed by atoms with E-state index in [1.54, 1.807) is 0 Å². The van der Waals surface area contributed by atoms with Gasteiger partial charge < -0.3 is 0 Å². The Hall–Kier alpha value is 0. The zero-order valence-electron chi connectivity index (χ0n) is 7.11. The molecule has 1 atom stereocenters. The van der Waals surface area contributed by atoms with E-state index in [2.05, 4.69) is 20.8 Å². The molecule has 0 rings (SSSR count). The van der Waals surface area contributed by atoms with Gasteiger partial charge in [-0.1, -0.05) is 67.7 Å². The topological polar surface area (TPSA) is 0 Å². The smallest absolute Gasteiger partial charge is 0.0445 e. The van der Waals surface area contributed by atoms with E-state index < -0.39 is 0 Å². The van der Waals surface area contributed by atoms with Crippen LogP contribution >= 0.6 is 0 Å². The lowest BCUT2D eigenvalue weighted by atomic mass is 10.0. The van der Waals surface area contributed by atoms with E-state index >= 15 is 0 Å². The van der Waals surface area contributed by atoms with Gasteiger partial charge in [0, 0.05) is 0 Å². The summed E-state index contributed by atoms with van der Waals surface area (Å²) >= 11 is 0. The maximum absolute atomic E-state index is 2.34. The largest absolute Gasteiger partial charge is 0.0776 e. The van der Waals surface area contributed by atoms with Crippen LogP contribution in [0.15, 0.2) is 0 Å². The summed E-state index contributed by atoms with van der Waals surface area (Å²) in [6.45, 7) is 6.88. The second-order valence-electron chi connectivity index (χ2n) is 3.01. The van der Waals surface area contributed by atoms with Crippen molar-refractivity contribution in [3.63, 3.8) is 0 Å². The molecule has 0 amide bonds. The maximum atomic E-state index is 2.34. The fraction of sp³-hybridized carbons (Fsp3) is 1.00. The van der Waals surface area contributed by atoms with Crippen molar-refractivity contribution in [3.8, 4) is 0 Å². The molecule has 0 aliphatic carbocycles. The average Bonchev–Trinajstić information content (AvgIpc) is 1.89. The third-order valence-electron chi connectivity index (χ3n) is 2.00. The first-order chi connectivity index (χ1) is 4.31. The quantitative estimate of drug-likeness (QED) is 0.503. The fourth-order valence-electron chi connectivity index (χ4n) is 0.947. The van der Waals surface area contributed by atoms with Gasteiger partial charge in [-0.25, -0.2) is 0 Å². The summed E-state index contributed by atoms with van der Waals surface area (Å²) < 4.78 is 0. The van der Waals surface area contributed by atoms with E-state index in [1.165, 1.54) is 32.1 Å². The number of unbranched alkanes of at least 4 members (excludes halogenated alkanes) is 2. The summed E-state index contributed by atoms with van der Waals surface area (Å²) in [6.07, 6.45) is 7.00. The highest BCUT2D eigenvalue weighted by Crippen LogP contribution is 2.11. The van der Waals surface area contributed by atoms with Crippen LogP contribution in [0, 0.1) is 5.92 Å². The molecule has 0 radical (unpaired) electrons. The van der Waals surface area contributed by atoms with Crippen LogP contribution in [0.25, 0.3) is 0 Å². The first-order valence-electron chi connectivity index (χ1n) is 4.31. The molecule has 0 N–H and O–H groups in total. The van der Waals surface area contributed by atoms with Gasteiger partial charge in [-0.3, -0.25) is 0 Å². The monoisotopic (exact) mass is 160 g/mol. The Bertz CT molecular complexity index is 48.0. The first kappa shape index (κ1) is 17.2. The molecule has 11 heavy (non-hydrogen) atoms. The van der Waals surface area contributed by atoms with Crippen LogP contribution in [0.3, 0.4) is 0 Å². The second kappa shape index (κ2) is 12.7. The normalized spacial score (nSPS) is 11.2. The summed E-state index contributed by atoms with van der Waals surface area (Å²) in [7, 11) is 0. The summed E-state index contributed by atoms with van der Waals surface area (Å²) in [6, 6.07) is 0. The molecular weight excluding hydrogens is 132 g/mol. The van der Waals surface area contributed by atoms with Crippen molar-refractivity contribution in [3.05, 3.63) is 0 Å². The lowest BCUT2D eigenvalue weighted by Gasteiger charge is -2.05. The Balaban J connectivity index is -0.000000320. The molecule has 0 aromatic rings. The molecule has 0 heteroatoms. The molecule has 0 saturated carbocycles. The molecule has 1 unspecified atom stereocenters. The molecule has 0 saturated heterocycles. The van der Waals surface area contributed by atoms with E-state index in [0.717, 1.165) is 5.92 Å². The predicted molar refractivity (Wildman–Crippen MR) is 57.1 cm³/mol. The summed E-state index contributed by atoms with van der Waals surface area (Å²) in [4.78, 5) is 0. The molecule has 0 fully saturated rings. The molecule has 0 aromatic carbocycles. The molecule has 0 aromatic heterocycles. The lowest BCUT2D eigenvalue weighted by Crippen LogP contribution is -1.90. The van der Waals surface area contributed by atoms with Gasteiger partial charge in [0.1, 0.15) is 0 Å². The zero-order valence-corrected chi connectivity index (χ0v) is 7.11. The Morgan fingerprint density at radius 3 is 1.91 bits per heavy atom. The maximum Gasteiger partial charge on any atom is -0.0445 e. The summed E-state index contributed by atoms with van der Waals surface area (Å²) in [5.41, 5.74) is 0. The minimum absolute atomic E-state index is 0. The van der Waals surface area contributed by atoms with Gasteiger partial charge in [-0.2, -0.15) is 0 Å². The summed E-state index contributed by atoms with van der Waals surface area (Å²) in [5, 5.41) is 0. The van der Waals surface area contributed by atoms with Crippen molar-refractivity contribution in [2.75, 3.05) is 0 Å². The van der Waals surface area contributed by atoms with Crippen LogP contribution in [-0.2, 0) is 0 Å². The van der Waals surface area contributed by atoms with Crippen molar-refractivity contribution in [1.82, 2.24) is 0 Å². The van der Waals surface area contributed by atoms with Gasteiger partial charge in [0.15, 0.2) is 0 Å². The lowest BCUT2D eigenvalue weighted by molar-refractivity contribution is 0.482. The third-order valence-corrected chi connectivity index (χ3v) is 2.00. The molecule has 72 valence electrons. The average molecular weight is 160 g/mol. The van der Waals surface area contributed by atoms with Crippen molar-refractivity contribution < 1.29 is 0 Å². The SMILES string of the molecule is C.C.CCCCCC(C)CC. The Kier molecular flexibility index (Phi) is 19.8. The molecule has 0 spiro atoms. The fourth-order valence-corrected chi connectivity index (χ4v) is 0.947. The molecule has 0 bridgehead atoms. The van der Waals surface area contributed by atoms with Gasteiger partial charge in [0.05, 0.1) is 0 Å². The molecule has 0 heterocycles. The number of hydrogen-bond acceptors (Lipinski definition) is 0. The van der Waals surface area contributed by atoms with E-state index in [9.17, 15) is 0 Å². The highest BCUT2D eigenvalue weighted by Gasteiger charge is 1.95. The molecule has 0 aliphatic rings. The van der Waals surface area contributed by atoms with Crippen LogP contribution in [0.5, 0.6) is 0 Å². The Labute approximate surface area is 74.4 Å². The van der Waals surface area contributed by atoms with E-state index in [1.807, 2.05) is 0 Å². The predicted octanol–water partition coefficient (Wildman–Crippen LogP) is 4.89. The molecule has 0 nitrogen and oxygen atoms in total. The number of hydrogen-bond donors (Lipinski definition) is 0. The zero-order chi connectivity index (χ0) is 7.11. The van der Waals surface area contributed by atoms with Gasteiger partial charge in [0.25, 0.3) is 0 Å². The number of rotatable bonds is 5. The van der Waals surface area contributed by atoms with Crippen molar-refractivity contribution in [2.45, 2.75) is 67.7 Å². The van der Waals surface area contributed by atoms with Crippen LogP contribution in [-0.4, -0.2) is 0 Å². The molecular formula is C11H28. The van der Waals surface area contributed by atoms with E-state index in [-0.39, 0.29) is 14.9 Å². The minimum atomic E-state index is 0. The third kappa shape index (κ3) is 13.1. The van der Waals surface area contributed by atoms with Crippen LogP contribution in [0.1, 0.15) is 67.7 Å². The molecule has 0 aliphatic heterocycles. The van der Waals surface area contributed by atoms with Gasteiger partial charge in [0.2, 0.25) is 0 Å². The van der Waals surface area contributed by atoms with Crippen LogP contribution in [0.2, 0.25) is 0 Å². The van der Waals surface area contributed by atoms with Crippen molar-refractivity contribution >= 4 is 0 Å². The van der Waals surface area contributed by atoms with Crippen molar-refractivity contribution in [2.24, 2.45) is 5.92 Å². The Morgan fingerprint density at radius 1 is 1.00 bits per heavy atom. The second-order valence-corrected chi connectivity index (χ2v) is 3.01.